The summed E-state index contributed by atoms with van der Waals surface area (Å²) in [6, 6.07) is 21.4. The lowest BCUT2D eigenvalue weighted by Gasteiger charge is -2.12. The van der Waals surface area contributed by atoms with Gasteiger partial charge in [-0.15, -0.1) is 0 Å². The zero-order valence-corrected chi connectivity index (χ0v) is 17.6. The van der Waals surface area contributed by atoms with Crippen LogP contribution in [0.3, 0.4) is 0 Å². The van der Waals surface area contributed by atoms with Gasteiger partial charge in [-0.2, -0.15) is 0 Å². The Labute approximate surface area is 181 Å². The molecular weight excluding hydrogens is 390 g/mol. The summed E-state index contributed by atoms with van der Waals surface area (Å²) in [5.74, 6) is -0.705. The lowest BCUT2D eigenvalue weighted by atomic mass is 10.1. The number of carbonyl (C=O) groups excluding carboxylic acids is 3. The Bertz CT molecular complexity index is 1070. The van der Waals surface area contributed by atoms with Crippen molar-refractivity contribution in [3.8, 4) is 0 Å². The quantitative estimate of drug-likeness (QED) is 0.530. The van der Waals surface area contributed by atoms with Crippen LogP contribution in [0.4, 0.5) is 11.4 Å². The van der Waals surface area contributed by atoms with Gasteiger partial charge in [-0.3, -0.25) is 14.4 Å². The predicted molar refractivity (Wildman–Crippen MR) is 122 cm³/mol. The van der Waals surface area contributed by atoms with Crippen LogP contribution in [0.1, 0.15) is 45.2 Å². The summed E-state index contributed by atoms with van der Waals surface area (Å²) in [4.78, 5) is 36.8. The number of anilines is 2. The summed E-state index contributed by atoms with van der Waals surface area (Å²) < 4.78 is 0. The molecule has 31 heavy (non-hydrogen) atoms. The van der Waals surface area contributed by atoms with Crippen LogP contribution in [0, 0.1) is 6.92 Å². The summed E-state index contributed by atoms with van der Waals surface area (Å²) >= 11 is 0. The average Bonchev–Trinajstić information content (AvgIpc) is 2.79. The minimum absolute atomic E-state index is 0.0946. The van der Waals surface area contributed by atoms with Crippen LogP contribution in [0.15, 0.2) is 72.8 Å². The van der Waals surface area contributed by atoms with Crippen LogP contribution < -0.4 is 16.0 Å². The first-order valence-corrected chi connectivity index (χ1v) is 10.1. The third-order valence-corrected chi connectivity index (χ3v) is 4.75. The Hall–Kier alpha value is -3.93. The first kappa shape index (κ1) is 21.8. The van der Waals surface area contributed by atoms with E-state index in [1.165, 1.54) is 0 Å². The SMILES string of the molecule is CCC(=O)Nc1ccc(C(=O)Nc2ccccc2C(=O)NCc2ccc(C)cc2)cc1. The number of hydrogen-bond acceptors (Lipinski definition) is 3. The Morgan fingerprint density at radius 1 is 0.774 bits per heavy atom. The van der Waals surface area contributed by atoms with E-state index in [1.54, 1.807) is 55.5 Å². The molecule has 3 aromatic rings. The summed E-state index contributed by atoms with van der Waals surface area (Å²) in [6.07, 6.45) is 0.380. The molecule has 0 saturated carbocycles. The van der Waals surface area contributed by atoms with E-state index in [2.05, 4.69) is 16.0 Å². The highest BCUT2D eigenvalue weighted by atomic mass is 16.2. The fourth-order valence-corrected chi connectivity index (χ4v) is 2.92. The van der Waals surface area contributed by atoms with Crippen molar-refractivity contribution in [2.24, 2.45) is 0 Å². The number of rotatable bonds is 7. The Morgan fingerprint density at radius 2 is 1.45 bits per heavy atom. The summed E-state index contributed by atoms with van der Waals surface area (Å²) in [5.41, 5.74) is 4.01. The van der Waals surface area contributed by atoms with Crippen molar-refractivity contribution in [2.75, 3.05) is 10.6 Å². The highest BCUT2D eigenvalue weighted by molar-refractivity contribution is 6.09. The van der Waals surface area contributed by atoms with E-state index in [9.17, 15) is 14.4 Å². The molecule has 0 aliphatic carbocycles. The maximum absolute atomic E-state index is 12.7. The lowest BCUT2D eigenvalue weighted by molar-refractivity contribution is -0.115. The van der Waals surface area contributed by atoms with E-state index < -0.39 is 0 Å². The second kappa shape index (κ2) is 10.2. The third kappa shape index (κ3) is 6.02. The highest BCUT2D eigenvalue weighted by Gasteiger charge is 2.14. The van der Waals surface area contributed by atoms with Gasteiger partial charge in [0.05, 0.1) is 11.3 Å². The number of hydrogen-bond donors (Lipinski definition) is 3. The number of carbonyl (C=O) groups is 3. The number of benzene rings is 3. The number of amides is 3. The summed E-state index contributed by atoms with van der Waals surface area (Å²) in [5, 5.41) is 8.42. The Balaban J connectivity index is 1.66. The minimum atomic E-state index is -0.341. The van der Waals surface area contributed by atoms with Crippen molar-refractivity contribution in [3.63, 3.8) is 0 Å². The maximum Gasteiger partial charge on any atom is 0.255 e. The van der Waals surface area contributed by atoms with Gasteiger partial charge in [-0.1, -0.05) is 48.9 Å². The van der Waals surface area contributed by atoms with Crippen LogP contribution in [0.25, 0.3) is 0 Å². The van der Waals surface area contributed by atoms with E-state index in [1.807, 2.05) is 31.2 Å². The molecule has 0 unspecified atom stereocenters. The lowest BCUT2D eigenvalue weighted by Crippen LogP contribution is -2.24. The standard InChI is InChI=1S/C25H25N3O3/c1-3-23(29)27-20-14-12-19(13-15-20)24(30)28-22-7-5-4-6-21(22)25(31)26-16-18-10-8-17(2)9-11-18/h4-15H,3,16H2,1-2H3,(H,26,31)(H,27,29)(H,28,30). The van der Waals surface area contributed by atoms with E-state index in [0.717, 1.165) is 11.1 Å². The molecule has 6 nitrogen and oxygen atoms in total. The first-order chi connectivity index (χ1) is 15.0. The Kier molecular flexibility index (Phi) is 7.17. The minimum Gasteiger partial charge on any atom is -0.348 e. The molecule has 0 atom stereocenters. The van der Waals surface area contributed by atoms with E-state index in [4.69, 9.17) is 0 Å². The molecule has 3 aromatic carbocycles. The predicted octanol–water partition coefficient (Wildman–Crippen LogP) is 4.53. The molecule has 158 valence electrons. The number of nitrogens with one attached hydrogen (secondary N) is 3. The molecule has 0 aliphatic rings. The van der Waals surface area contributed by atoms with E-state index in [-0.39, 0.29) is 17.7 Å². The van der Waals surface area contributed by atoms with Gasteiger partial charge in [0.1, 0.15) is 0 Å². The van der Waals surface area contributed by atoms with Crippen LogP contribution in [-0.4, -0.2) is 17.7 Å². The van der Waals surface area contributed by atoms with Crippen molar-refractivity contribution in [3.05, 3.63) is 95.1 Å². The largest absolute Gasteiger partial charge is 0.348 e. The zero-order valence-electron chi connectivity index (χ0n) is 17.6. The monoisotopic (exact) mass is 415 g/mol. The van der Waals surface area contributed by atoms with Crippen molar-refractivity contribution in [1.82, 2.24) is 5.32 Å². The molecule has 0 aromatic heterocycles. The van der Waals surface area contributed by atoms with Gasteiger partial charge in [0, 0.05) is 24.2 Å². The molecule has 3 rings (SSSR count). The van der Waals surface area contributed by atoms with Gasteiger partial charge in [0.2, 0.25) is 5.91 Å². The third-order valence-electron chi connectivity index (χ3n) is 4.75. The molecule has 6 heteroatoms. The van der Waals surface area contributed by atoms with Gasteiger partial charge < -0.3 is 16.0 Å². The molecule has 0 bridgehead atoms. The molecule has 0 fully saturated rings. The molecule has 0 radical (unpaired) electrons. The summed E-state index contributed by atoms with van der Waals surface area (Å²) in [7, 11) is 0. The molecule has 0 saturated heterocycles. The van der Waals surface area contributed by atoms with Gasteiger partial charge in [-0.05, 0) is 48.9 Å². The average molecular weight is 415 g/mol. The van der Waals surface area contributed by atoms with Gasteiger partial charge in [-0.25, -0.2) is 0 Å². The maximum atomic E-state index is 12.7. The van der Waals surface area contributed by atoms with Crippen LogP contribution in [0.2, 0.25) is 0 Å². The summed E-state index contributed by atoms with van der Waals surface area (Å²) in [6.45, 7) is 4.17. The zero-order chi connectivity index (χ0) is 22.2. The normalized spacial score (nSPS) is 10.3. The van der Waals surface area contributed by atoms with Crippen LogP contribution >= 0.6 is 0 Å². The van der Waals surface area contributed by atoms with Gasteiger partial charge >= 0.3 is 0 Å². The van der Waals surface area contributed by atoms with Crippen molar-refractivity contribution < 1.29 is 14.4 Å². The van der Waals surface area contributed by atoms with Crippen LogP contribution in [-0.2, 0) is 11.3 Å². The van der Waals surface area contributed by atoms with E-state index >= 15 is 0 Å². The van der Waals surface area contributed by atoms with Crippen molar-refractivity contribution in [2.45, 2.75) is 26.8 Å². The first-order valence-electron chi connectivity index (χ1n) is 10.1. The van der Waals surface area contributed by atoms with Crippen molar-refractivity contribution in [1.29, 1.82) is 0 Å². The fourth-order valence-electron chi connectivity index (χ4n) is 2.92. The van der Waals surface area contributed by atoms with Gasteiger partial charge in [0.15, 0.2) is 0 Å². The van der Waals surface area contributed by atoms with Crippen molar-refractivity contribution >= 4 is 29.1 Å². The molecule has 3 amide bonds. The molecule has 3 N–H and O–H groups in total. The number of para-hydroxylation sites is 1. The number of aryl methyl sites for hydroxylation is 1. The molecular formula is C25H25N3O3. The van der Waals surface area contributed by atoms with Gasteiger partial charge in [0.25, 0.3) is 11.8 Å². The fraction of sp³-hybridized carbons (Fsp3) is 0.160. The smallest absolute Gasteiger partial charge is 0.255 e. The molecule has 0 aliphatic heterocycles. The second-order valence-corrected chi connectivity index (χ2v) is 7.15. The highest BCUT2D eigenvalue weighted by Crippen LogP contribution is 2.18. The van der Waals surface area contributed by atoms with Crippen LogP contribution in [0.5, 0.6) is 0 Å². The second-order valence-electron chi connectivity index (χ2n) is 7.15. The van der Waals surface area contributed by atoms with E-state index in [0.29, 0.717) is 35.5 Å². The molecule has 0 spiro atoms. The Morgan fingerprint density at radius 3 is 2.13 bits per heavy atom. The topological polar surface area (TPSA) is 87.3 Å². The molecule has 0 heterocycles.